The molecule has 2 fully saturated rings. The first-order valence-electron chi connectivity index (χ1n) is 8.31. The fourth-order valence-corrected chi connectivity index (χ4v) is 6.74. The van der Waals surface area contributed by atoms with E-state index < -0.39 is 9.84 Å². The maximum atomic E-state index is 12.9. The first-order valence-corrected chi connectivity index (χ1v) is 9.92. The highest BCUT2D eigenvalue weighted by Gasteiger charge is 2.46. The summed E-state index contributed by atoms with van der Waals surface area (Å²) in [6.45, 7) is 0. The van der Waals surface area contributed by atoms with Crippen LogP contribution in [0, 0.1) is 5.92 Å². The summed E-state index contributed by atoms with van der Waals surface area (Å²) in [4.78, 5) is 12.9. The number of rotatable bonds is 2. The van der Waals surface area contributed by atoms with Gasteiger partial charge in [-0.15, -0.1) is 0 Å². The van der Waals surface area contributed by atoms with Gasteiger partial charge in [0.05, 0.1) is 10.5 Å². The quantitative estimate of drug-likeness (QED) is 0.789. The van der Waals surface area contributed by atoms with E-state index in [-0.39, 0.29) is 22.2 Å². The molecule has 2 aliphatic heterocycles. The number of carbonyl (C=O) groups excluding carboxylic acids is 1. The zero-order chi connectivity index (χ0) is 16.0. The SMILES string of the molecule is O=C(c1ccc2ccccc2c1)C1CC2CCCC(C1)S2(=O)=O. The number of benzene rings is 2. The highest BCUT2D eigenvalue weighted by atomic mass is 32.2. The van der Waals surface area contributed by atoms with Gasteiger partial charge in [-0.05, 0) is 42.5 Å². The minimum atomic E-state index is -3.00. The summed E-state index contributed by atoms with van der Waals surface area (Å²) in [5.41, 5.74) is 0.714. The summed E-state index contributed by atoms with van der Waals surface area (Å²) in [5, 5.41) is 1.57. The average Bonchev–Trinajstić information content (AvgIpc) is 2.53. The molecule has 0 aliphatic carbocycles. The normalized spacial score (nSPS) is 29.3. The molecule has 2 saturated heterocycles. The molecule has 4 rings (SSSR count). The van der Waals surface area contributed by atoms with Crippen LogP contribution >= 0.6 is 0 Å². The number of carbonyl (C=O) groups is 1. The van der Waals surface area contributed by atoms with Crippen LogP contribution in [0.1, 0.15) is 42.5 Å². The van der Waals surface area contributed by atoms with Crippen LogP contribution in [0.2, 0.25) is 0 Å². The molecule has 0 spiro atoms. The van der Waals surface area contributed by atoms with Crippen LogP contribution in [0.25, 0.3) is 10.8 Å². The monoisotopic (exact) mass is 328 g/mol. The van der Waals surface area contributed by atoms with Crippen molar-refractivity contribution >= 4 is 26.4 Å². The van der Waals surface area contributed by atoms with Crippen LogP contribution in [-0.4, -0.2) is 24.7 Å². The Bertz CT molecular complexity index is 849. The highest BCUT2D eigenvalue weighted by molar-refractivity contribution is 7.92. The van der Waals surface area contributed by atoms with E-state index in [1.807, 2.05) is 42.5 Å². The second-order valence-electron chi connectivity index (χ2n) is 6.86. The van der Waals surface area contributed by atoms with Gasteiger partial charge in [0.15, 0.2) is 15.6 Å². The third-order valence-corrected chi connectivity index (χ3v) is 8.20. The van der Waals surface area contributed by atoms with E-state index >= 15 is 0 Å². The lowest BCUT2D eigenvalue weighted by Crippen LogP contribution is -2.45. The third kappa shape index (κ3) is 2.49. The standard InChI is InChI=1S/C19H20O3S/c20-19(15-9-8-13-4-1-2-5-14(13)10-15)16-11-17-6-3-7-18(12-16)23(17,21)22/h1-2,4-5,8-10,16-18H,3,6-7,11-12H2. The lowest BCUT2D eigenvalue weighted by molar-refractivity contribution is 0.0894. The second kappa shape index (κ2) is 5.45. The van der Waals surface area contributed by atoms with Crippen molar-refractivity contribution < 1.29 is 13.2 Å². The molecule has 0 radical (unpaired) electrons. The topological polar surface area (TPSA) is 51.2 Å². The van der Waals surface area contributed by atoms with Crippen LogP contribution < -0.4 is 0 Å². The third-order valence-electron chi connectivity index (χ3n) is 5.48. The molecule has 0 aromatic heterocycles. The molecule has 0 amide bonds. The molecular formula is C19H20O3S. The molecule has 2 aromatic rings. The van der Waals surface area contributed by atoms with Crippen LogP contribution in [0.5, 0.6) is 0 Å². The summed E-state index contributed by atoms with van der Waals surface area (Å²) in [5.74, 6) is -0.0301. The smallest absolute Gasteiger partial charge is 0.166 e. The highest BCUT2D eigenvalue weighted by Crippen LogP contribution is 2.40. The van der Waals surface area contributed by atoms with Gasteiger partial charge < -0.3 is 0 Å². The van der Waals surface area contributed by atoms with Crippen molar-refractivity contribution in [3.05, 3.63) is 48.0 Å². The van der Waals surface area contributed by atoms with E-state index in [0.29, 0.717) is 18.4 Å². The lowest BCUT2D eigenvalue weighted by atomic mass is 9.84. The molecule has 3 nitrogen and oxygen atoms in total. The number of Topliss-reactive ketones (excluding diaryl/α,β-unsaturated/α-hetero) is 1. The van der Waals surface area contributed by atoms with Crippen LogP contribution in [0.4, 0.5) is 0 Å². The molecule has 120 valence electrons. The van der Waals surface area contributed by atoms with E-state index in [1.54, 1.807) is 0 Å². The Labute approximate surface area is 136 Å². The molecule has 2 aromatic carbocycles. The number of sulfone groups is 1. The fourth-order valence-electron chi connectivity index (χ4n) is 4.20. The number of hydrogen-bond donors (Lipinski definition) is 0. The van der Waals surface area contributed by atoms with Gasteiger partial charge in [-0.2, -0.15) is 0 Å². The maximum Gasteiger partial charge on any atom is 0.166 e. The van der Waals surface area contributed by atoms with Crippen molar-refractivity contribution in [3.8, 4) is 0 Å². The Morgan fingerprint density at radius 1 is 0.913 bits per heavy atom. The van der Waals surface area contributed by atoms with Gasteiger partial charge >= 0.3 is 0 Å². The van der Waals surface area contributed by atoms with Crippen molar-refractivity contribution in [2.24, 2.45) is 5.92 Å². The second-order valence-corrected chi connectivity index (χ2v) is 9.37. The lowest BCUT2D eigenvalue weighted by Gasteiger charge is -2.38. The number of ketones is 1. The molecule has 2 bridgehead atoms. The first kappa shape index (κ1) is 14.9. The minimum Gasteiger partial charge on any atom is -0.294 e. The van der Waals surface area contributed by atoms with E-state index in [2.05, 4.69) is 0 Å². The number of hydrogen-bond acceptors (Lipinski definition) is 3. The molecule has 23 heavy (non-hydrogen) atoms. The molecular weight excluding hydrogens is 308 g/mol. The van der Waals surface area contributed by atoms with Crippen LogP contribution in [0.3, 0.4) is 0 Å². The Morgan fingerprint density at radius 3 is 2.26 bits per heavy atom. The maximum absolute atomic E-state index is 12.9. The van der Waals surface area contributed by atoms with Crippen LogP contribution in [0.15, 0.2) is 42.5 Å². The van der Waals surface area contributed by atoms with Gasteiger partial charge in [-0.3, -0.25) is 4.79 Å². The van der Waals surface area contributed by atoms with Gasteiger partial charge in [-0.1, -0.05) is 42.8 Å². The predicted molar refractivity (Wildman–Crippen MR) is 91.3 cm³/mol. The van der Waals surface area contributed by atoms with E-state index in [4.69, 9.17) is 0 Å². The Morgan fingerprint density at radius 2 is 1.57 bits per heavy atom. The van der Waals surface area contributed by atoms with Crippen LogP contribution in [-0.2, 0) is 9.84 Å². The molecule has 0 N–H and O–H groups in total. The molecule has 2 atom stereocenters. The summed E-state index contributed by atoms with van der Waals surface area (Å²) in [7, 11) is -3.00. The van der Waals surface area contributed by atoms with E-state index in [9.17, 15) is 13.2 Å². The Hall–Kier alpha value is -1.68. The summed E-state index contributed by atoms with van der Waals surface area (Å²) >= 11 is 0. The Balaban J connectivity index is 1.64. The fraction of sp³-hybridized carbons (Fsp3) is 0.421. The average molecular weight is 328 g/mol. The summed E-state index contributed by atoms with van der Waals surface area (Å²) in [6.07, 6.45) is 3.43. The molecule has 2 heterocycles. The first-order chi connectivity index (χ1) is 11.1. The summed E-state index contributed by atoms with van der Waals surface area (Å²) < 4.78 is 24.7. The van der Waals surface area contributed by atoms with Crippen molar-refractivity contribution in [1.29, 1.82) is 0 Å². The van der Waals surface area contributed by atoms with Crippen molar-refractivity contribution in [2.75, 3.05) is 0 Å². The van der Waals surface area contributed by atoms with Gasteiger partial charge in [0.2, 0.25) is 0 Å². The van der Waals surface area contributed by atoms with Gasteiger partial charge in [0.1, 0.15) is 0 Å². The molecule has 2 unspecified atom stereocenters. The van der Waals surface area contributed by atoms with Gasteiger partial charge in [0, 0.05) is 11.5 Å². The van der Waals surface area contributed by atoms with Crippen molar-refractivity contribution in [1.82, 2.24) is 0 Å². The van der Waals surface area contributed by atoms with Crippen molar-refractivity contribution in [2.45, 2.75) is 42.6 Å². The van der Waals surface area contributed by atoms with Crippen molar-refractivity contribution in [3.63, 3.8) is 0 Å². The minimum absolute atomic E-state index is 0.113. The van der Waals surface area contributed by atoms with E-state index in [0.717, 1.165) is 30.0 Å². The summed E-state index contributed by atoms with van der Waals surface area (Å²) in [6, 6.07) is 13.8. The Kier molecular flexibility index (Phi) is 3.52. The molecule has 4 heteroatoms. The van der Waals surface area contributed by atoms with E-state index in [1.165, 1.54) is 0 Å². The zero-order valence-electron chi connectivity index (χ0n) is 12.9. The van der Waals surface area contributed by atoms with Gasteiger partial charge in [0.25, 0.3) is 0 Å². The zero-order valence-corrected chi connectivity index (χ0v) is 13.8. The number of fused-ring (bicyclic) bond motifs is 3. The molecule has 0 saturated carbocycles. The molecule has 2 aliphatic rings. The predicted octanol–water partition coefficient (Wildman–Crippen LogP) is 3.77. The largest absolute Gasteiger partial charge is 0.294 e. The van der Waals surface area contributed by atoms with Gasteiger partial charge in [-0.25, -0.2) is 8.42 Å².